The van der Waals surface area contributed by atoms with Crippen LogP contribution in [0.25, 0.3) is 10.1 Å². The Bertz CT molecular complexity index is 665. The molecule has 0 saturated carbocycles. The van der Waals surface area contributed by atoms with E-state index in [1.54, 1.807) is 11.3 Å². The molecule has 3 heteroatoms. The summed E-state index contributed by atoms with van der Waals surface area (Å²) in [5.74, 6) is 0. The molecule has 88 valence electrons. The molecule has 3 rings (SSSR count). The van der Waals surface area contributed by atoms with Crippen molar-refractivity contribution in [1.82, 2.24) is 0 Å². The lowest BCUT2D eigenvalue weighted by molar-refractivity contribution is 1.61. The Morgan fingerprint density at radius 1 is 1.00 bits per heavy atom. The summed E-state index contributed by atoms with van der Waals surface area (Å²) in [6, 6.07) is 18.1. The fourth-order valence-electron chi connectivity index (χ4n) is 1.72. The number of thiophene rings is 1. The Morgan fingerprint density at radius 2 is 1.78 bits per heavy atom. The number of rotatable bonds is 2. The van der Waals surface area contributed by atoms with Crippen molar-refractivity contribution < 1.29 is 0 Å². The molecule has 1 nitrogen and oxygen atoms in total. The average molecular weight is 272 g/mol. The monoisotopic (exact) mass is 271 g/mol. The fraction of sp³-hybridized carbons (Fsp3) is 0. The first-order chi connectivity index (χ1) is 8.81. The highest BCUT2D eigenvalue weighted by Gasteiger charge is 1.98. The Balaban J connectivity index is 1.89. The van der Waals surface area contributed by atoms with E-state index in [1.165, 1.54) is 10.1 Å². The van der Waals surface area contributed by atoms with Crippen molar-refractivity contribution in [2.45, 2.75) is 0 Å². The molecule has 0 fully saturated rings. The maximum atomic E-state index is 5.84. The molecule has 2 aromatic carbocycles. The largest absolute Gasteiger partial charge is 0.245 e. The minimum absolute atomic E-state index is 0.744. The number of benzene rings is 2. The van der Waals surface area contributed by atoms with E-state index in [4.69, 9.17) is 11.6 Å². The van der Waals surface area contributed by atoms with Crippen molar-refractivity contribution in [3.05, 3.63) is 65.2 Å². The second-order valence-corrected chi connectivity index (χ2v) is 5.43. The number of hydrogen-bond acceptors (Lipinski definition) is 2. The molecule has 0 aliphatic rings. The van der Waals surface area contributed by atoms with E-state index in [1.807, 2.05) is 42.6 Å². The van der Waals surface area contributed by atoms with Gasteiger partial charge in [-0.25, -0.2) is 4.99 Å². The van der Waals surface area contributed by atoms with E-state index in [0.717, 1.165) is 15.6 Å². The molecular weight excluding hydrogens is 262 g/mol. The Labute approximate surface area is 114 Å². The Morgan fingerprint density at radius 3 is 2.56 bits per heavy atom. The fourth-order valence-corrected chi connectivity index (χ4v) is 2.75. The molecule has 0 spiro atoms. The molecule has 0 aliphatic carbocycles. The van der Waals surface area contributed by atoms with Crippen molar-refractivity contribution in [3.63, 3.8) is 0 Å². The van der Waals surface area contributed by atoms with Crippen molar-refractivity contribution in [2.75, 3.05) is 0 Å². The molecular formula is C15H10ClNS. The zero-order chi connectivity index (χ0) is 12.4. The molecule has 1 heterocycles. The first-order valence-electron chi connectivity index (χ1n) is 5.59. The Kier molecular flexibility index (Phi) is 3.13. The van der Waals surface area contributed by atoms with Gasteiger partial charge in [-0.3, -0.25) is 0 Å². The molecule has 0 unspecified atom stereocenters. The van der Waals surface area contributed by atoms with E-state index in [9.17, 15) is 0 Å². The molecule has 0 atom stereocenters. The molecule has 0 bridgehead atoms. The van der Waals surface area contributed by atoms with Gasteiger partial charge in [0.1, 0.15) is 5.00 Å². The standard InChI is InChI=1S/C15H10ClNS/c16-13-7-5-11(6-8-13)10-17-15-9-12-3-1-2-4-14(12)18-15/h1-10H/b17-10+. The number of fused-ring (bicyclic) bond motifs is 1. The summed E-state index contributed by atoms with van der Waals surface area (Å²) in [4.78, 5) is 4.49. The van der Waals surface area contributed by atoms with Gasteiger partial charge in [0.25, 0.3) is 0 Å². The number of halogens is 1. The summed E-state index contributed by atoms with van der Waals surface area (Å²) in [5.41, 5.74) is 1.05. The van der Waals surface area contributed by atoms with E-state index in [0.29, 0.717) is 0 Å². The summed E-state index contributed by atoms with van der Waals surface area (Å²) in [5, 5.41) is 3.01. The number of aliphatic imine (C=N–C) groups is 1. The van der Waals surface area contributed by atoms with Crippen LogP contribution < -0.4 is 0 Å². The third-order valence-corrected chi connectivity index (χ3v) is 3.90. The van der Waals surface area contributed by atoms with Gasteiger partial charge in [-0.1, -0.05) is 41.9 Å². The van der Waals surface area contributed by atoms with Gasteiger partial charge in [0.2, 0.25) is 0 Å². The van der Waals surface area contributed by atoms with Gasteiger partial charge in [0.05, 0.1) is 0 Å². The number of hydrogen-bond donors (Lipinski definition) is 0. The van der Waals surface area contributed by atoms with Gasteiger partial charge in [-0.05, 0) is 35.2 Å². The summed E-state index contributed by atoms with van der Waals surface area (Å²) in [7, 11) is 0. The van der Waals surface area contributed by atoms with Crippen molar-refractivity contribution >= 4 is 44.2 Å². The molecule has 1 aromatic heterocycles. The predicted octanol–water partition coefficient (Wildman–Crippen LogP) is 5.31. The minimum Gasteiger partial charge on any atom is -0.245 e. The maximum absolute atomic E-state index is 5.84. The highest BCUT2D eigenvalue weighted by atomic mass is 35.5. The summed E-state index contributed by atoms with van der Waals surface area (Å²) >= 11 is 7.54. The molecule has 18 heavy (non-hydrogen) atoms. The van der Waals surface area contributed by atoms with E-state index in [-0.39, 0.29) is 0 Å². The predicted molar refractivity (Wildman–Crippen MR) is 80.5 cm³/mol. The smallest absolute Gasteiger partial charge is 0.117 e. The van der Waals surface area contributed by atoms with E-state index in [2.05, 4.69) is 23.2 Å². The summed E-state index contributed by atoms with van der Waals surface area (Å²) in [6.45, 7) is 0. The second-order valence-electron chi connectivity index (χ2n) is 3.93. The van der Waals surface area contributed by atoms with Crippen LogP contribution in [0.1, 0.15) is 5.56 Å². The first-order valence-corrected chi connectivity index (χ1v) is 6.79. The van der Waals surface area contributed by atoms with Crippen LogP contribution in [0.3, 0.4) is 0 Å². The van der Waals surface area contributed by atoms with E-state index < -0.39 is 0 Å². The van der Waals surface area contributed by atoms with Gasteiger partial charge in [0, 0.05) is 15.9 Å². The third kappa shape index (κ3) is 2.45. The first kappa shape index (κ1) is 11.5. The van der Waals surface area contributed by atoms with Crippen LogP contribution in [0, 0.1) is 0 Å². The zero-order valence-corrected chi connectivity index (χ0v) is 11.1. The molecule has 0 saturated heterocycles. The normalized spacial score (nSPS) is 11.4. The molecule has 3 aromatic rings. The average Bonchev–Trinajstić information content (AvgIpc) is 2.81. The zero-order valence-electron chi connectivity index (χ0n) is 9.51. The van der Waals surface area contributed by atoms with Crippen LogP contribution in [0.2, 0.25) is 5.02 Å². The van der Waals surface area contributed by atoms with Crippen LogP contribution in [0.5, 0.6) is 0 Å². The third-order valence-electron chi connectivity index (χ3n) is 2.62. The lowest BCUT2D eigenvalue weighted by atomic mass is 10.2. The summed E-state index contributed by atoms with van der Waals surface area (Å²) in [6.07, 6.45) is 1.86. The minimum atomic E-state index is 0.744. The highest BCUT2D eigenvalue weighted by Crippen LogP contribution is 2.31. The van der Waals surface area contributed by atoms with Crippen LogP contribution in [-0.4, -0.2) is 6.21 Å². The van der Waals surface area contributed by atoms with Crippen LogP contribution in [-0.2, 0) is 0 Å². The topological polar surface area (TPSA) is 12.4 Å². The summed E-state index contributed by atoms with van der Waals surface area (Å²) < 4.78 is 1.26. The van der Waals surface area contributed by atoms with Gasteiger partial charge in [0.15, 0.2) is 0 Å². The van der Waals surface area contributed by atoms with Gasteiger partial charge in [-0.2, -0.15) is 0 Å². The van der Waals surface area contributed by atoms with E-state index >= 15 is 0 Å². The molecule has 0 radical (unpaired) electrons. The molecule has 0 N–H and O–H groups in total. The lowest BCUT2D eigenvalue weighted by Gasteiger charge is -1.91. The second kappa shape index (κ2) is 4.92. The van der Waals surface area contributed by atoms with Crippen molar-refractivity contribution in [1.29, 1.82) is 0 Å². The quantitative estimate of drug-likeness (QED) is 0.561. The maximum Gasteiger partial charge on any atom is 0.117 e. The van der Waals surface area contributed by atoms with Crippen molar-refractivity contribution in [2.24, 2.45) is 4.99 Å². The van der Waals surface area contributed by atoms with Gasteiger partial charge >= 0.3 is 0 Å². The van der Waals surface area contributed by atoms with Crippen LogP contribution in [0.15, 0.2) is 59.6 Å². The SMILES string of the molecule is Clc1ccc(/C=N/c2cc3ccccc3s2)cc1. The van der Waals surface area contributed by atoms with Crippen LogP contribution >= 0.6 is 22.9 Å². The lowest BCUT2D eigenvalue weighted by Crippen LogP contribution is -1.77. The molecule has 0 aliphatic heterocycles. The molecule has 0 amide bonds. The number of nitrogens with zero attached hydrogens (tertiary/aromatic N) is 1. The van der Waals surface area contributed by atoms with Crippen molar-refractivity contribution in [3.8, 4) is 0 Å². The van der Waals surface area contributed by atoms with Gasteiger partial charge < -0.3 is 0 Å². The van der Waals surface area contributed by atoms with Gasteiger partial charge in [-0.15, -0.1) is 11.3 Å². The van der Waals surface area contributed by atoms with Crippen LogP contribution in [0.4, 0.5) is 5.00 Å². The Hall–Kier alpha value is -1.64. The highest BCUT2D eigenvalue weighted by molar-refractivity contribution is 7.22.